The van der Waals surface area contributed by atoms with E-state index in [-0.39, 0.29) is 23.4 Å². The average molecular weight is 403 g/mol. The molecule has 0 aromatic carbocycles. The molecule has 0 saturated heterocycles. The Morgan fingerprint density at radius 3 is 2.93 bits per heavy atom. The standard InChI is InChI=1S/C20H26N4O3S/c1-22-11-16-21-18-17(13-6-7-23(8-9-27-2)10-15(13)28-18)20(26)24(16)14-5-3-4-12(14)19(22)25/h12,14H,3-11H2,1-2H3/t12-,14+/m0/s1. The Kier molecular flexibility index (Phi) is 4.52. The van der Waals surface area contributed by atoms with E-state index in [1.165, 1.54) is 10.4 Å². The van der Waals surface area contributed by atoms with Gasteiger partial charge in [0.2, 0.25) is 5.91 Å². The van der Waals surface area contributed by atoms with Crippen LogP contribution in [0.5, 0.6) is 0 Å². The summed E-state index contributed by atoms with van der Waals surface area (Å²) in [4.78, 5) is 37.5. The molecule has 1 aliphatic carbocycles. The van der Waals surface area contributed by atoms with E-state index in [9.17, 15) is 9.59 Å². The van der Waals surface area contributed by atoms with Crippen LogP contribution in [-0.2, 0) is 29.0 Å². The van der Waals surface area contributed by atoms with Crippen LogP contribution in [0.15, 0.2) is 4.79 Å². The fraction of sp³-hybridized carbons (Fsp3) is 0.650. The maximum absolute atomic E-state index is 13.6. The van der Waals surface area contributed by atoms with Crippen LogP contribution in [0.3, 0.4) is 0 Å². The number of aromatic nitrogens is 2. The summed E-state index contributed by atoms with van der Waals surface area (Å²) < 4.78 is 7.09. The molecule has 2 atom stereocenters. The first kappa shape index (κ1) is 18.3. The molecule has 150 valence electrons. The van der Waals surface area contributed by atoms with Gasteiger partial charge < -0.3 is 9.64 Å². The molecule has 4 heterocycles. The van der Waals surface area contributed by atoms with Gasteiger partial charge in [-0.1, -0.05) is 6.42 Å². The fourth-order valence-corrected chi connectivity index (χ4v) is 6.40. The van der Waals surface area contributed by atoms with E-state index in [0.29, 0.717) is 6.54 Å². The van der Waals surface area contributed by atoms with Crippen molar-refractivity contribution in [2.75, 3.05) is 33.9 Å². The van der Waals surface area contributed by atoms with Gasteiger partial charge in [0.25, 0.3) is 5.56 Å². The highest BCUT2D eigenvalue weighted by molar-refractivity contribution is 7.18. The summed E-state index contributed by atoms with van der Waals surface area (Å²) in [7, 11) is 3.56. The Morgan fingerprint density at radius 2 is 2.11 bits per heavy atom. The molecule has 1 fully saturated rings. The topological polar surface area (TPSA) is 67.7 Å². The van der Waals surface area contributed by atoms with E-state index in [2.05, 4.69) is 4.90 Å². The van der Waals surface area contributed by atoms with Crippen LogP contribution in [0.25, 0.3) is 10.2 Å². The molecule has 0 radical (unpaired) electrons. The number of fused-ring (bicyclic) bond motifs is 6. The smallest absolute Gasteiger partial charge is 0.262 e. The van der Waals surface area contributed by atoms with Gasteiger partial charge in [0, 0.05) is 38.7 Å². The Balaban J connectivity index is 1.62. The zero-order chi connectivity index (χ0) is 19.4. The molecule has 0 unspecified atom stereocenters. The number of thiophene rings is 1. The zero-order valence-electron chi connectivity index (χ0n) is 16.4. The highest BCUT2D eigenvalue weighted by Crippen LogP contribution is 2.40. The van der Waals surface area contributed by atoms with Gasteiger partial charge in [0.1, 0.15) is 10.7 Å². The number of hydrogen-bond donors (Lipinski definition) is 0. The van der Waals surface area contributed by atoms with Gasteiger partial charge in [0.05, 0.1) is 30.5 Å². The van der Waals surface area contributed by atoms with Crippen molar-refractivity contribution >= 4 is 27.5 Å². The van der Waals surface area contributed by atoms with Gasteiger partial charge in [0.15, 0.2) is 0 Å². The van der Waals surface area contributed by atoms with E-state index in [1.54, 1.807) is 23.3 Å². The predicted molar refractivity (Wildman–Crippen MR) is 108 cm³/mol. The second-order valence-corrected chi connectivity index (χ2v) is 9.29. The molecule has 3 aliphatic rings. The van der Waals surface area contributed by atoms with Crippen LogP contribution in [0.2, 0.25) is 0 Å². The molecule has 2 aromatic rings. The lowest BCUT2D eigenvalue weighted by atomic mass is 10.0. The number of ether oxygens (including phenoxy) is 1. The van der Waals surface area contributed by atoms with Crippen molar-refractivity contribution in [3.8, 4) is 0 Å². The van der Waals surface area contributed by atoms with Crippen LogP contribution < -0.4 is 5.56 Å². The van der Waals surface area contributed by atoms with E-state index < -0.39 is 0 Å². The Hall–Kier alpha value is -1.77. The second kappa shape index (κ2) is 6.93. The average Bonchev–Trinajstić information content (AvgIpc) is 3.27. The number of carbonyl (C=O) groups excluding carboxylic acids is 1. The normalized spacial score (nSPS) is 24.9. The number of methoxy groups -OCH3 is 1. The summed E-state index contributed by atoms with van der Waals surface area (Å²) in [5.41, 5.74) is 1.25. The lowest BCUT2D eigenvalue weighted by Crippen LogP contribution is -2.34. The predicted octanol–water partition coefficient (Wildman–Crippen LogP) is 1.78. The summed E-state index contributed by atoms with van der Waals surface area (Å²) in [6.45, 7) is 3.85. The Bertz CT molecular complexity index is 997. The summed E-state index contributed by atoms with van der Waals surface area (Å²) in [6, 6.07) is -0.0332. The number of carbonyl (C=O) groups is 1. The van der Waals surface area contributed by atoms with Crippen LogP contribution >= 0.6 is 11.3 Å². The van der Waals surface area contributed by atoms with E-state index >= 15 is 0 Å². The number of nitrogens with zero attached hydrogens (tertiary/aromatic N) is 4. The third kappa shape index (κ3) is 2.73. The summed E-state index contributed by atoms with van der Waals surface area (Å²) in [5, 5.41) is 0.804. The minimum Gasteiger partial charge on any atom is -0.383 e. The van der Waals surface area contributed by atoms with Gasteiger partial charge >= 0.3 is 0 Å². The maximum Gasteiger partial charge on any atom is 0.262 e. The first-order valence-corrected chi connectivity index (χ1v) is 10.9. The van der Waals surface area contributed by atoms with Crippen molar-refractivity contribution < 1.29 is 9.53 Å². The molecule has 28 heavy (non-hydrogen) atoms. The van der Waals surface area contributed by atoms with E-state index in [1.807, 2.05) is 11.6 Å². The van der Waals surface area contributed by atoms with Gasteiger partial charge in [-0.05, 0) is 24.8 Å². The molecular weight excluding hydrogens is 376 g/mol. The van der Waals surface area contributed by atoms with E-state index in [4.69, 9.17) is 9.72 Å². The quantitative estimate of drug-likeness (QED) is 0.783. The molecule has 1 amide bonds. The molecule has 2 aliphatic heterocycles. The van der Waals surface area contributed by atoms with Crippen molar-refractivity contribution in [2.45, 2.75) is 44.8 Å². The SMILES string of the molecule is COCCN1CCc2c(sc3nc4n(c(=O)c23)[C@@H]2CCC[C@@H]2C(=O)N(C)C4)C1. The highest BCUT2D eigenvalue weighted by Gasteiger charge is 2.41. The van der Waals surface area contributed by atoms with Crippen LogP contribution in [-0.4, -0.2) is 59.1 Å². The first-order valence-electron chi connectivity index (χ1n) is 10.1. The molecule has 2 aromatic heterocycles. The van der Waals surface area contributed by atoms with Gasteiger partial charge in [-0.25, -0.2) is 4.98 Å². The van der Waals surface area contributed by atoms with Crippen molar-refractivity contribution in [2.24, 2.45) is 5.92 Å². The zero-order valence-corrected chi connectivity index (χ0v) is 17.3. The Labute approximate surface area is 167 Å². The van der Waals surface area contributed by atoms with Crippen LogP contribution in [0, 0.1) is 5.92 Å². The molecule has 8 heteroatoms. The molecule has 7 nitrogen and oxygen atoms in total. The minimum atomic E-state index is -0.0813. The van der Waals surface area contributed by atoms with E-state index in [0.717, 1.165) is 68.0 Å². The first-order chi connectivity index (χ1) is 13.6. The van der Waals surface area contributed by atoms with Crippen LogP contribution in [0.1, 0.15) is 41.6 Å². The van der Waals surface area contributed by atoms with Crippen molar-refractivity contribution in [3.63, 3.8) is 0 Å². The van der Waals surface area contributed by atoms with Crippen molar-refractivity contribution in [1.29, 1.82) is 0 Å². The van der Waals surface area contributed by atoms with Gasteiger partial charge in [-0.3, -0.25) is 19.1 Å². The van der Waals surface area contributed by atoms with Crippen molar-refractivity contribution in [3.05, 3.63) is 26.6 Å². The minimum absolute atomic E-state index is 0.0332. The molecule has 0 spiro atoms. The molecular formula is C20H26N4O3S. The summed E-state index contributed by atoms with van der Waals surface area (Å²) in [6.07, 6.45) is 3.63. The monoisotopic (exact) mass is 402 g/mol. The molecule has 0 N–H and O–H groups in total. The number of rotatable bonds is 3. The number of amides is 1. The third-order valence-electron chi connectivity index (χ3n) is 6.55. The molecule has 0 bridgehead atoms. The van der Waals surface area contributed by atoms with Gasteiger partial charge in [-0.15, -0.1) is 11.3 Å². The number of hydrogen-bond acceptors (Lipinski definition) is 6. The maximum atomic E-state index is 13.6. The second-order valence-electron chi connectivity index (χ2n) is 8.21. The van der Waals surface area contributed by atoms with Crippen molar-refractivity contribution in [1.82, 2.24) is 19.4 Å². The molecule has 5 rings (SSSR count). The molecule has 1 saturated carbocycles. The lowest BCUT2D eigenvalue weighted by molar-refractivity contribution is -0.134. The summed E-state index contributed by atoms with van der Waals surface area (Å²) >= 11 is 1.65. The summed E-state index contributed by atoms with van der Waals surface area (Å²) in [5.74, 6) is 0.825. The largest absolute Gasteiger partial charge is 0.383 e. The fourth-order valence-electron chi connectivity index (χ4n) is 5.13. The lowest BCUT2D eigenvalue weighted by Gasteiger charge is -2.26. The van der Waals surface area contributed by atoms with Crippen LogP contribution in [0.4, 0.5) is 0 Å². The third-order valence-corrected chi connectivity index (χ3v) is 7.66. The highest BCUT2D eigenvalue weighted by atomic mass is 32.1. The Morgan fingerprint density at radius 1 is 1.25 bits per heavy atom. The van der Waals surface area contributed by atoms with Gasteiger partial charge in [-0.2, -0.15) is 0 Å².